The summed E-state index contributed by atoms with van der Waals surface area (Å²) in [6.07, 6.45) is 4.63. The van der Waals surface area contributed by atoms with Crippen molar-refractivity contribution in [3.05, 3.63) is 17.5 Å². The number of aryl methyl sites for hydroxylation is 1. The minimum atomic E-state index is 0.0340. The van der Waals surface area contributed by atoms with Gasteiger partial charge in [-0.2, -0.15) is 0 Å². The summed E-state index contributed by atoms with van der Waals surface area (Å²) < 4.78 is 10.3. The van der Waals surface area contributed by atoms with Gasteiger partial charge in [-0.1, -0.05) is 5.16 Å². The maximum Gasteiger partial charge on any atom is 0.230 e. The van der Waals surface area contributed by atoms with Crippen molar-refractivity contribution >= 4 is 11.8 Å². The van der Waals surface area contributed by atoms with Crippen LogP contribution >= 0.6 is 0 Å². The lowest BCUT2D eigenvalue weighted by molar-refractivity contribution is -0.143. The summed E-state index contributed by atoms with van der Waals surface area (Å²) >= 11 is 0. The third-order valence-electron chi connectivity index (χ3n) is 5.54. The lowest BCUT2D eigenvalue weighted by Crippen LogP contribution is -2.55. The molecule has 2 amide bonds. The number of ether oxygens (including phenoxy) is 1. The fourth-order valence-corrected chi connectivity index (χ4v) is 4.22. The van der Waals surface area contributed by atoms with E-state index < -0.39 is 0 Å². The van der Waals surface area contributed by atoms with E-state index in [1.165, 1.54) is 0 Å². The molecule has 7 nitrogen and oxygen atoms in total. The Balaban J connectivity index is 1.60. The van der Waals surface area contributed by atoms with Gasteiger partial charge in [0.1, 0.15) is 5.76 Å². The molecule has 1 spiro atoms. The van der Waals surface area contributed by atoms with E-state index >= 15 is 0 Å². The largest absolute Gasteiger partial charge is 0.385 e. The van der Waals surface area contributed by atoms with Gasteiger partial charge in [0.15, 0.2) is 0 Å². The summed E-state index contributed by atoms with van der Waals surface area (Å²) in [4.78, 5) is 28.9. The van der Waals surface area contributed by atoms with Gasteiger partial charge in [-0.15, -0.1) is 0 Å². The molecule has 2 saturated heterocycles. The van der Waals surface area contributed by atoms with Crippen molar-refractivity contribution < 1.29 is 18.8 Å². The van der Waals surface area contributed by atoms with Crippen molar-refractivity contribution in [1.29, 1.82) is 0 Å². The van der Waals surface area contributed by atoms with E-state index in [1.807, 2.05) is 22.8 Å². The van der Waals surface area contributed by atoms with Crippen LogP contribution in [0.2, 0.25) is 0 Å². The molecule has 2 aliphatic rings. The van der Waals surface area contributed by atoms with Crippen molar-refractivity contribution in [2.45, 2.75) is 45.4 Å². The van der Waals surface area contributed by atoms with Gasteiger partial charge in [0.2, 0.25) is 11.8 Å². The normalized spacial score (nSPS) is 23.7. The van der Waals surface area contributed by atoms with Gasteiger partial charge in [0.25, 0.3) is 0 Å². The Kier molecular flexibility index (Phi) is 5.96. The first-order valence-corrected chi connectivity index (χ1v) is 9.48. The number of nitrogens with zero attached hydrogens (tertiary/aromatic N) is 3. The van der Waals surface area contributed by atoms with E-state index in [2.05, 4.69) is 5.16 Å². The van der Waals surface area contributed by atoms with Gasteiger partial charge in [-0.05, 0) is 32.6 Å². The van der Waals surface area contributed by atoms with Crippen molar-refractivity contribution in [3.63, 3.8) is 0 Å². The zero-order chi connectivity index (χ0) is 18.6. The molecule has 0 radical (unpaired) electrons. The zero-order valence-corrected chi connectivity index (χ0v) is 15.8. The maximum absolute atomic E-state index is 12.7. The molecule has 0 bridgehead atoms. The Bertz CT molecular complexity index is 644. The smallest absolute Gasteiger partial charge is 0.230 e. The summed E-state index contributed by atoms with van der Waals surface area (Å²) in [6.45, 7) is 5.52. The van der Waals surface area contributed by atoms with Crippen LogP contribution in [0.1, 0.15) is 43.6 Å². The van der Waals surface area contributed by atoms with E-state index in [1.54, 1.807) is 7.11 Å². The van der Waals surface area contributed by atoms with E-state index in [4.69, 9.17) is 9.26 Å². The van der Waals surface area contributed by atoms with Gasteiger partial charge in [0, 0.05) is 57.8 Å². The standard InChI is InChI=1S/C19H29N3O4/c1-15-11-16(26-20-15)12-18(24)22-8-3-6-19(14-22)7-5-17(23)21(13-19)9-4-10-25-2/h11H,3-10,12-14H2,1-2H3/t19-/m0/s1. The average molecular weight is 363 g/mol. The first-order chi connectivity index (χ1) is 12.5. The Hall–Kier alpha value is -1.89. The summed E-state index contributed by atoms with van der Waals surface area (Å²) in [6, 6.07) is 1.81. The van der Waals surface area contributed by atoms with E-state index in [-0.39, 0.29) is 23.7 Å². The molecule has 2 aliphatic heterocycles. The fourth-order valence-electron chi connectivity index (χ4n) is 4.22. The molecule has 1 atom stereocenters. The molecule has 1 aromatic rings. The Morgan fingerprint density at radius 3 is 2.96 bits per heavy atom. The molecule has 0 aromatic carbocycles. The SMILES string of the molecule is COCCCN1C[C@]2(CCCN(C(=O)Cc3cc(C)no3)C2)CCC1=O. The molecule has 1 aromatic heterocycles. The lowest BCUT2D eigenvalue weighted by Gasteiger charge is -2.48. The van der Waals surface area contributed by atoms with Crippen LogP contribution in [0.4, 0.5) is 0 Å². The molecule has 3 rings (SSSR count). The van der Waals surface area contributed by atoms with Crippen LogP contribution in [0, 0.1) is 12.3 Å². The molecule has 144 valence electrons. The number of methoxy groups -OCH3 is 1. The van der Waals surface area contributed by atoms with E-state index in [9.17, 15) is 9.59 Å². The Morgan fingerprint density at radius 1 is 1.38 bits per heavy atom. The van der Waals surface area contributed by atoms with Crippen molar-refractivity contribution in [2.24, 2.45) is 5.41 Å². The van der Waals surface area contributed by atoms with Gasteiger partial charge in [-0.3, -0.25) is 9.59 Å². The Morgan fingerprint density at radius 2 is 2.23 bits per heavy atom. The van der Waals surface area contributed by atoms with Crippen LogP contribution in [0.3, 0.4) is 0 Å². The summed E-state index contributed by atoms with van der Waals surface area (Å²) in [5, 5.41) is 3.85. The second kappa shape index (κ2) is 8.20. The highest BCUT2D eigenvalue weighted by Gasteiger charge is 2.42. The predicted molar refractivity (Wildman–Crippen MR) is 95.5 cm³/mol. The molecule has 2 fully saturated rings. The van der Waals surface area contributed by atoms with Gasteiger partial charge in [0.05, 0.1) is 12.1 Å². The molecule has 0 saturated carbocycles. The highest BCUT2D eigenvalue weighted by Crippen LogP contribution is 2.39. The van der Waals surface area contributed by atoms with Crippen LogP contribution in [-0.2, 0) is 20.7 Å². The summed E-state index contributed by atoms with van der Waals surface area (Å²) in [7, 11) is 1.68. The second-order valence-corrected chi connectivity index (χ2v) is 7.69. The van der Waals surface area contributed by atoms with Gasteiger partial charge >= 0.3 is 0 Å². The topological polar surface area (TPSA) is 75.9 Å². The number of likely N-dealkylation sites (tertiary alicyclic amines) is 2. The molecule has 3 heterocycles. The number of amides is 2. The highest BCUT2D eigenvalue weighted by molar-refractivity contribution is 5.79. The number of piperidine rings is 2. The van der Waals surface area contributed by atoms with Crippen LogP contribution in [0.25, 0.3) is 0 Å². The number of aromatic nitrogens is 1. The third-order valence-corrected chi connectivity index (χ3v) is 5.54. The van der Waals surface area contributed by atoms with Crippen LogP contribution < -0.4 is 0 Å². The van der Waals surface area contributed by atoms with Crippen LogP contribution in [0.5, 0.6) is 0 Å². The quantitative estimate of drug-likeness (QED) is 0.720. The van der Waals surface area contributed by atoms with Crippen molar-refractivity contribution in [2.75, 3.05) is 39.9 Å². The second-order valence-electron chi connectivity index (χ2n) is 7.69. The fraction of sp³-hybridized carbons (Fsp3) is 0.737. The molecule has 0 aliphatic carbocycles. The summed E-state index contributed by atoms with van der Waals surface area (Å²) in [5.74, 6) is 0.933. The maximum atomic E-state index is 12.7. The highest BCUT2D eigenvalue weighted by atomic mass is 16.5. The minimum Gasteiger partial charge on any atom is -0.385 e. The predicted octanol–water partition coefficient (Wildman–Crippen LogP) is 1.79. The molecular formula is C19H29N3O4. The molecule has 0 unspecified atom stereocenters. The van der Waals surface area contributed by atoms with E-state index in [0.29, 0.717) is 18.8 Å². The van der Waals surface area contributed by atoms with E-state index in [0.717, 1.165) is 57.6 Å². The average Bonchev–Trinajstić information content (AvgIpc) is 3.03. The lowest BCUT2D eigenvalue weighted by atomic mass is 9.73. The van der Waals surface area contributed by atoms with Crippen molar-refractivity contribution in [3.8, 4) is 0 Å². The first kappa shape index (κ1) is 18.9. The first-order valence-electron chi connectivity index (χ1n) is 9.48. The van der Waals surface area contributed by atoms with Gasteiger partial charge in [-0.25, -0.2) is 0 Å². The number of hydrogen-bond donors (Lipinski definition) is 0. The van der Waals surface area contributed by atoms with Crippen LogP contribution in [0.15, 0.2) is 10.6 Å². The number of hydrogen-bond acceptors (Lipinski definition) is 5. The van der Waals surface area contributed by atoms with Gasteiger partial charge < -0.3 is 19.1 Å². The molecule has 7 heteroatoms. The van der Waals surface area contributed by atoms with Crippen LogP contribution in [-0.4, -0.2) is 66.7 Å². The third kappa shape index (κ3) is 4.44. The number of rotatable bonds is 6. The molecular weight excluding hydrogens is 334 g/mol. The molecule has 0 N–H and O–H groups in total. The summed E-state index contributed by atoms with van der Waals surface area (Å²) in [5.41, 5.74) is 0.826. The Labute approximate surface area is 154 Å². The number of carbonyl (C=O) groups is 2. The number of carbonyl (C=O) groups excluding carboxylic acids is 2. The van der Waals surface area contributed by atoms with Crippen molar-refractivity contribution in [1.82, 2.24) is 15.0 Å². The zero-order valence-electron chi connectivity index (χ0n) is 15.8. The minimum absolute atomic E-state index is 0.0340. The molecule has 26 heavy (non-hydrogen) atoms. The monoisotopic (exact) mass is 363 g/mol.